The molecule has 0 unspecified atom stereocenters. The van der Waals surface area contributed by atoms with Crippen LogP contribution in [-0.4, -0.2) is 18.1 Å². The number of hydrogen-bond donors (Lipinski definition) is 0. The summed E-state index contributed by atoms with van der Waals surface area (Å²) < 4.78 is 1.20. The lowest BCUT2D eigenvalue weighted by atomic mass is 10.3. The molecule has 2 rings (SSSR count). The highest BCUT2D eigenvalue weighted by atomic mass is 79.9. The molecule has 6 heteroatoms. The second kappa shape index (κ2) is 5.04. The molecule has 0 atom stereocenters. The van der Waals surface area contributed by atoms with Crippen LogP contribution in [0.3, 0.4) is 0 Å². The first-order valence-corrected chi connectivity index (χ1v) is 7.03. The highest BCUT2D eigenvalue weighted by Crippen LogP contribution is 2.32. The number of alkyl halides is 1. The minimum Gasteiger partial charge on any atom is -0.343 e. The van der Waals surface area contributed by atoms with Gasteiger partial charge in [0.25, 0.3) is 0 Å². The van der Waals surface area contributed by atoms with Crippen LogP contribution in [0.25, 0.3) is 0 Å². The fourth-order valence-corrected chi connectivity index (χ4v) is 3.43. The predicted octanol–water partition coefficient (Wildman–Crippen LogP) is 4.02. The van der Waals surface area contributed by atoms with Crippen LogP contribution in [0.15, 0.2) is 10.6 Å². The Labute approximate surface area is 111 Å². The van der Waals surface area contributed by atoms with Gasteiger partial charge in [0.05, 0.1) is 17.3 Å². The van der Waals surface area contributed by atoms with Crippen LogP contribution >= 0.6 is 50.5 Å². The third kappa shape index (κ3) is 2.67. The zero-order valence-corrected chi connectivity index (χ0v) is 11.8. The Balaban J connectivity index is 2.19. The van der Waals surface area contributed by atoms with Crippen LogP contribution in [-0.2, 0) is 5.88 Å². The van der Waals surface area contributed by atoms with Gasteiger partial charge >= 0.3 is 0 Å². The van der Waals surface area contributed by atoms with Crippen LogP contribution < -0.4 is 4.90 Å². The van der Waals surface area contributed by atoms with E-state index in [2.05, 4.69) is 31.9 Å². The molecule has 1 aliphatic heterocycles. The Morgan fingerprint density at radius 3 is 3.00 bits per heavy atom. The summed E-state index contributed by atoms with van der Waals surface area (Å²) in [6.07, 6.45) is 3.22. The van der Waals surface area contributed by atoms with Gasteiger partial charge in [-0.25, -0.2) is 4.98 Å². The molecule has 0 N–H and O–H groups in total. The molecule has 1 aliphatic rings. The van der Waals surface area contributed by atoms with Gasteiger partial charge in [-0.1, -0.05) is 44.9 Å². The van der Waals surface area contributed by atoms with E-state index in [0.29, 0.717) is 11.0 Å². The summed E-state index contributed by atoms with van der Waals surface area (Å²) in [5, 5.41) is 1.50. The van der Waals surface area contributed by atoms with E-state index < -0.39 is 0 Å². The van der Waals surface area contributed by atoms with Crippen molar-refractivity contribution in [2.24, 2.45) is 0 Å². The van der Waals surface area contributed by atoms with Crippen molar-refractivity contribution in [2.45, 2.75) is 12.3 Å². The Hall–Kier alpha value is 0.230. The molecular formula is C9H9BrCl2N2S. The first-order valence-electron chi connectivity index (χ1n) is 4.51. The Morgan fingerprint density at radius 2 is 2.40 bits per heavy atom. The molecule has 15 heavy (non-hydrogen) atoms. The molecule has 0 aromatic carbocycles. The molecule has 2 heterocycles. The molecule has 0 saturated carbocycles. The maximum atomic E-state index is 5.96. The summed E-state index contributed by atoms with van der Waals surface area (Å²) in [6, 6.07) is 0. The molecule has 0 aliphatic carbocycles. The van der Waals surface area contributed by atoms with Crippen LogP contribution in [0.5, 0.6) is 0 Å². The molecule has 0 radical (unpaired) electrons. The first-order chi connectivity index (χ1) is 7.20. The molecule has 0 spiro atoms. The van der Waals surface area contributed by atoms with Crippen molar-refractivity contribution in [3.63, 3.8) is 0 Å². The Bertz CT molecular complexity index is 391. The Kier molecular flexibility index (Phi) is 3.93. The number of rotatable bonds is 2. The van der Waals surface area contributed by atoms with Gasteiger partial charge in [-0.3, -0.25) is 0 Å². The highest BCUT2D eigenvalue weighted by molar-refractivity contribution is 9.11. The van der Waals surface area contributed by atoms with E-state index >= 15 is 0 Å². The van der Waals surface area contributed by atoms with E-state index in [1.807, 2.05) is 0 Å². The molecule has 2 nitrogen and oxygen atoms in total. The van der Waals surface area contributed by atoms with E-state index in [0.717, 1.165) is 29.5 Å². The molecule has 0 bridgehead atoms. The standard InChI is InChI=1S/C9H9BrCl2N2S/c10-6-2-1-3-14(5-6)9-13-8(12)7(4-11)15-9/h2H,1,3-5H2. The van der Waals surface area contributed by atoms with E-state index in [4.69, 9.17) is 23.2 Å². The number of hydrogen-bond acceptors (Lipinski definition) is 3. The fourth-order valence-electron chi connectivity index (χ4n) is 1.41. The fraction of sp³-hybridized carbons (Fsp3) is 0.444. The van der Waals surface area contributed by atoms with E-state index in [1.54, 1.807) is 11.3 Å². The monoisotopic (exact) mass is 326 g/mol. The summed E-state index contributed by atoms with van der Waals surface area (Å²) in [7, 11) is 0. The van der Waals surface area contributed by atoms with Crippen molar-refractivity contribution >= 4 is 55.6 Å². The largest absolute Gasteiger partial charge is 0.343 e. The molecule has 82 valence electrons. The lowest BCUT2D eigenvalue weighted by molar-refractivity contribution is 0.812. The second-order valence-electron chi connectivity index (χ2n) is 3.21. The highest BCUT2D eigenvalue weighted by Gasteiger charge is 2.17. The maximum absolute atomic E-state index is 5.96. The molecule has 0 fully saturated rings. The molecule has 1 aromatic rings. The van der Waals surface area contributed by atoms with Gasteiger partial charge in [-0.05, 0) is 6.42 Å². The summed E-state index contributed by atoms with van der Waals surface area (Å²) in [6.45, 7) is 1.85. The molecule has 0 saturated heterocycles. The van der Waals surface area contributed by atoms with Crippen molar-refractivity contribution in [1.29, 1.82) is 0 Å². The van der Waals surface area contributed by atoms with Crippen molar-refractivity contribution in [3.8, 4) is 0 Å². The zero-order valence-electron chi connectivity index (χ0n) is 7.84. The van der Waals surface area contributed by atoms with Crippen molar-refractivity contribution in [1.82, 2.24) is 4.98 Å². The van der Waals surface area contributed by atoms with Crippen molar-refractivity contribution in [2.75, 3.05) is 18.0 Å². The maximum Gasteiger partial charge on any atom is 0.187 e. The van der Waals surface area contributed by atoms with Gasteiger partial charge in [0.1, 0.15) is 5.15 Å². The van der Waals surface area contributed by atoms with Crippen molar-refractivity contribution < 1.29 is 0 Å². The lowest BCUT2D eigenvalue weighted by Gasteiger charge is -2.24. The number of nitrogens with zero attached hydrogens (tertiary/aromatic N) is 2. The average molecular weight is 328 g/mol. The minimum atomic E-state index is 0.432. The quantitative estimate of drug-likeness (QED) is 0.762. The third-order valence-electron chi connectivity index (χ3n) is 2.14. The van der Waals surface area contributed by atoms with Gasteiger partial charge in [-0.2, -0.15) is 0 Å². The van der Waals surface area contributed by atoms with Crippen LogP contribution in [0.2, 0.25) is 5.15 Å². The SMILES string of the molecule is ClCc1sc(N2CCC=C(Br)C2)nc1Cl. The first kappa shape index (κ1) is 11.7. The lowest BCUT2D eigenvalue weighted by Crippen LogP contribution is -2.28. The summed E-state index contributed by atoms with van der Waals surface area (Å²) in [5.74, 6) is 0.432. The van der Waals surface area contributed by atoms with Gasteiger partial charge in [0.15, 0.2) is 5.13 Å². The van der Waals surface area contributed by atoms with Crippen LogP contribution in [0.1, 0.15) is 11.3 Å². The zero-order chi connectivity index (χ0) is 10.8. The minimum absolute atomic E-state index is 0.432. The van der Waals surface area contributed by atoms with Gasteiger partial charge in [0, 0.05) is 11.0 Å². The van der Waals surface area contributed by atoms with Gasteiger partial charge < -0.3 is 4.90 Å². The normalized spacial score (nSPS) is 16.7. The smallest absolute Gasteiger partial charge is 0.187 e. The topological polar surface area (TPSA) is 16.1 Å². The van der Waals surface area contributed by atoms with Crippen LogP contribution in [0, 0.1) is 0 Å². The number of halogens is 3. The number of thiazole rings is 1. The summed E-state index contributed by atoms with van der Waals surface area (Å²) >= 11 is 16.8. The van der Waals surface area contributed by atoms with Crippen molar-refractivity contribution in [3.05, 3.63) is 20.6 Å². The van der Waals surface area contributed by atoms with Gasteiger partial charge in [-0.15, -0.1) is 11.6 Å². The van der Waals surface area contributed by atoms with Crippen LogP contribution in [0.4, 0.5) is 5.13 Å². The number of aromatic nitrogens is 1. The molecule has 0 amide bonds. The van der Waals surface area contributed by atoms with E-state index in [-0.39, 0.29) is 0 Å². The summed E-state index contributed by atoms with van der Waals surface area (Å²) in [5.41, 5.74) is 0. The third-order valence-corrected chi connectivity index (χ3v) is 4.68. The molecule has 1 aromatic heterocycles. The average Bonchev–Trinajstić information content (AvgIpc) is 2.60. The molecular weight excluding hydrogens is 319 g/mol. The summed E-state index contributed by atoms with van der Waals surface area (Å²) in [4.78, 5) is 7.47. The van der Waals surface area contributed by atoms with E-state index in [1.165, 1.54) is 4.48 Å². The second-order valence-corrected chi connectivity index (χ2v) is 5.91. The van der Waals surface area contributed by atoms with E-state index in [9.17, 15) is 0 Å². The number of anilines is 1. The predicted molar refractivity (Wildman–Crippen MR) is 70.5 cm³/mol. The van der Waals surface area contributed by atoms with Gasteiger partial charge in [0.2, 0.25) is 0 Å². The Morgan fingerprint density at radius 1 is 1.60 bits per heavy atom.